The summed E-state index contributed by atoms with van der Waals surface area (Å²) in [6, 6.07) is 3.88. The number of piperidine rings is 1. The van der Waals surface area contributed by atoms with Crippen molar-refractivity contribution in [1.82, 2.24) is 4.90 Å². The minimum Gasteiger partial charge on any atom is -0.507 e. The second kappa shape index (κ2) is 5.17. The quantitative estimate of drug-likeness (QED) is 0.856. The Morgan fingerprint density at radius 2 is 2.11 bits per heavy atom. The maximum atomic E-state index is 13.6. The Hall–Kier alpha value is -1.62. The van der Waals surface area contributed by atoms with E-state index in [0.29, 0.717) is 19.6 Å². The number of carbonyl (C=O) groups is 1. The Morgan fingerprint density at radius 1 is 1.47 bits per heavy atom. The lowest BCUT2D eigenvalue weighted by atomic mass is 9.80. The first-order valence-corrected chi connectivity index (χ1v) is 6.44. The van der Waals surface area contributed by atoms with Gasteiger partial charge in [-0.05, 0) is 36.9 Å². The van der Waals surface area contributed by atoms with Crippen LogP contribution in [0.2, 0.25) is 0 Å². The van der Waals surface area contributed by atoms with Crippen molar-refractivity contribution in [3.63, 3.8) is 0 Å². The molecule has 0 aromatic heterocycles. The maximum absolute atomic E-state index is 13.6. The van der Waals surface area contributed by atoms with Crippen LogP contribution in [0.3, 0.4) is 0 Å². The van der Waals surface area contributed by atoms with Gasteiger partial charge in [0.05, 0.1) is 0 Å². The number of halogens is 1. The molecule has 0 unspecified atom stereocenters. The number of rotatable bonds is 2. The molecule has 4 nitrogen and oxygen atoms in total. The van der Waals surface area contributed by atoms with Gasteiger partial charge < -0.3 is 15.7 Å². The number of nitrogens with zero attached hydrogens (tertiary/aromatic N) is 1. The normalized spacial score (nSPS) is 18.4. The molecule has 0 atom stereocenters. The number of carbonyl (C=O) groups excluding carboxylic acids is 1. The molecule has 1 saturated heterocycles. The average Bonchev–Trinajstić information content (AvgIpc) is 2.39. The van der Waals surface area contributed by atoms with Crippen molar-refractivity contribution in [3.05, 3.63) is 29.6 Å². The topological polar surface area (TPSA) is 66.6 Å². The molecule has 0 spiro atoms. The van der Waals surface area contributed by atoms with E-state index in [9.17, 15) is 14.3 Å². The number of hydrogen-bond donors (Lipinski definition) is 2. The number of nitrogens with two attached hydrogens (primary N) is 1. The second-order valence-corrected chi connectivity index (χ2v) is 5.44. The summed E-state index contributed by atoms with van der Waals surface area (Å²) in [4.78, 5) is 13.8. The molecule has 1 fully saturated rings. The van der Waals surface area contributed by atoms with Crippen molar-refractivity contribution in [1.29, 1.82) is 0 Å². The molecule has 0 saturated carbocycles. The van der Waals surface area contributed by atoms with Gasteiger partial charge in [0.1, 0.15) is 17.1 Å². The highest BCUT2D eigenvalue weighted by Crippen LogP contribution is 2.31. The Kier molecular flexibility index (Phi) is 3.75. The number of phenols is 1. The van der Waals surface area contributed by atoms with Gasteiger partial charge in [0.2, 0.25) is 0 Å². The fourth-order valence-electron chi connectivity index (χ4n) is 2.34. The summed E-state index contributed by atoms with van der Waals surface area (Å²) in [7, 11) is 0. The van der Waals surface area contributed by atoms with Crippen LogP contribution in [0.15, 0.2) is 18.2 Å². The maximum Gasteiger partial charge on any atom is 0.260 e. The van der Waals surface area contributed by atoms with Crippen LogP contribution >= 0.6 is 0 Å². The molecule has 1 aliphatic heterocycles. The van der Waals surface area contributed by atoms with E-state index in [1.807, 2.05) is 0 Å². The highest BCUT2D eigenvalue weighted by Gasteiger charge is 2.32. The largest absolute Gasteiger partial charge is 0.507 e. The molecule has 19 heavy (non-hydrogen) atoms. The molecule has 0 aliphatic carbocycles. The van der Waals surface area contributed by atoms with Crippen LogP contribution < -0.4 is 5.73 Å². The number of aromatic hydroxyl groups is 1. The number of likely N-dealkylation sites (tertiary alicyclic amines) is 1. The Bertz CT molecular complexity index is 462. The summed E-state index contributed by atoms with van der Waals surface area (Å²) in [6.07, 6.45) is 1.59. The first-order chi connectivity index (χ1) is 8.97. The summed E-state index contributed by atoms with van der Waals surface area (Å²) >= 11 is 0. The van der Waals surface area contributed by atoms with E-state index in [2.05, 4.69) is 6.92 Å². The number of amides is 1. The Balaban J connectivity index is 2.14. The van der Waals surface area contributed by atoms with E-state index < -0.39 is 11.7 Å². The number of hydrogen-bond acceptors (Lipinski definition) is 3. The van der Waals surface area contributed by atoms with Crippen molar-refractivity contribution < 1.29 is 14.3 Å². The van der Waals surface area contributed by atoms with Crippen LogP contribution in [0.4, 0.5) is 4.39 Å². The monoisotopic (exact) mass is 266 g/mol. The van der Waals surface area contributed by atoms with E-state index in [1.54, 1.807) is 4.90 Å². The Labute approximate surface area is 112 Å². The van der Waals surface area contributed by atoms with Crippen molar-refractivity contribution in [2.75, 3.05) is 19.6 Å². The SMILES string of the molecule is CC1(CN)CCN(C(=O)c2c(O)cccc2F)CC1. The second-order valence-electron chi connectivity index (χ2n) is 5.44. The van der Waals surface area contributed by atoms with Gasteiger partial charge in [0.15, 0.2) is 0 Å². The third kappa shape index (κ3) is 2.71. The summed E-state index contributed by atoms with van der Waals surface area (Å²) in [5.74, 6) is -1.44. The zero-order chi connectivity index (χ0) is 14.0. The zero-order valence-electron chi connectivity index (χ0n) is 11.0. The lowest BCUT2D eigenvalue weighted by Gasteiger charge is -2.38. The van der Waals surface area contributed by atoms with Crippen LogP contribution in [-0.4, -0.2) is 35.5 Å². The molecular formula is C14H19FN2O2. The van der Waals surface area contributed by atoms with Crippen molar-refractivity contribution >= 4 is 5.91 Å². The minimum absolute atomic E-state index is 0.0497. The fourth-order valence-corrected chi connectivity index (χ4v) is 2.34. The zero-order valence-corrected chi connectivity index (χ0v) is 11.0. The standard InChI is InChI=1S/C14H19FN2O2/c1-14(9-16)5-7-17(8-6-14)13(19)12-10(15)3-2-4-11(12)18/h2-4,18H,5-9,16H2,1H3. The van der Waals surface area contributed by atoms with Gasteiger partial charge >= 0.3 is 0 Å². The van der Waals surface area contributed by atoms with Gasteiger partial charge in [0.25, 0.3) is 5.91 Å². The molecule has 0 radical (unpaired) electrons. The molecule has 1 aromatic carbocycles. The molecule has 2 rings (SSSR count). The number of phenolic OH excluding ortho intramolecular Hbond substituents is 1. The molecule has 0 bridgehead atoms. The van der Waals surface area contributed by atoms with Crippen LogP contribution in [0.5, 0.6) is 5.75 Å². The Morgan fingerprint density at radius 3 is 2.63 bits per heavy atom. The predicted octanol–water partition coefficient (Wildman–Crippen LogP) is 1.73. The van der Waals surface area contributed by atoms with Gasteiger partial charge in [-0.3, -0.25) is 4.79 Å². The fraction of sp³-hybridized carbons (Fsp3) is 0.500. The highest BCUT2D eigenvalue weighted by molar-refractivity contribution is 5.97. The number of benzene rings is 1. The first kappa shape index (κ1) is 13.8. The highest BCUT2D eigenvalue weighted by atomic mass is 19.1. The third-order valence-corrected chi connectivity index (χ3v) is 3.96. The summed E-state index contributed by atoms with van der Waals surface area (Å²) < 4.78 is 13.6. The molecular weight excluding hydrogens is 247 g/mol. The van der Waals surface area contributed by atoms with Gasteiger partial charge in [0, 0.05) is 13.1 Å². The van der Waals surface area contributed by atoms with E-state index in [1.165, 1.54) is 18.2 Å². The summed E-state index contributed by atoms with van der Waals surface area (Å²) in [5, 5.41) is 9.63. The molecule has 1 aromatic rings. The molecule has 104 valence electrons. The lowest BCUT2D eigenvalue weighted by molar-refractivity contribution is 0.0610. The summed E-state index contributed by atoms with van der Waals surface area (Å²) in [6.45, 7) is 3.76. The van der Waals surface area contributed by atoms with Crippen molar-refractivity contribution in [2.24, 2.45) is 11.1 Å². The van der Waals surface area contributed by atoms with Gasteiger partial charge in [-0.25, -0.2) is 4.39 Å². The smallest absolute Gasteiger partial charge is 0.260 e. The summed E-state index contributed by atoms with van der Waals surface area (Å²) in [5.41, 5.74) is 5.53. The van der Waals surface area contributed by atoms with Crippen LogP contribution in [-0.2, 0) is 0 Å². The molecule has 3 N–H and O–H groups in total. The van der Waals surface area contributed by atoms with E-state index >= 15 is 0 Å². The molecule has 1 heterocycles. The molecule has 1 amide bonds. The predicted molar refractivity (Wildman–Crippen MR) is 70.4 cm³/mol. The van der Waals surface area contributed by atoms with E-state index in [-0.39, 0.29) is 16.7 Å². The first-order valence-electron chi connectivity index (χ1n) is 6.44. The van der Waals surface area contributed by atoms with Gasteiger partial charge in [-0.1, -0.05) is 13.0 Å². The van der Waals surface area contributed by atoms with Crippen LogP contribution in [0.1, 0.15) is 30.1 Å². The van der Waals surface area contributed by atoms with Crippen LogP contribution in [0, 0.1) is 11.2 Å². The third-order valence-electron chi connectivity index (χ3n) is 3.96. The van der Waals surface area contributed by atoms with Gasteiger partial charge in [-0.2, -0.15) is 0 Å². The van der Waals surface area contributed by atoms with Crippen LogP contribution in [0.25, 0.3) is 0 Å². The lowest BCUT2D eigenvalue weighted by Crippen LogP contribution is -2.45. The minimum atomic E-state index is -0.683. The van der Waals surface area contributed by atoms with Crippen molar-refractivity contribution in [2.45, 2.75) is 19.8 Å². The molecule has 5 heteroatoms. The van der Waals surface area contributed by atoms with Crippen molar-refractivity contribution in [3.8, 4) is 5.75 Å². The average molecular weight is 266 g/mol. The molecule has 1 aliphatic rings. The van der Waals surface area contributed by atoms with Gasteiger partial charge in [-0.15, -0.1) is 0 Å². The van der Waals surface area contributed by atoms with E-state index in [0.717, 1.165) is 12.8 Å². The van der Waals surface area contributed by atoms with E-state index in [4.69, 9.17) is 5.73 Å².